The van der Waals surface area contributed by atoms with Gasteiger partial charge in [-0.15, -0.1) is 0 Å². The standard InChI is InChI=1S/C19H25N3O3/c1-21(14-18-3-2-10-25-18)15-19(23)20-17-6-4-16(5-7-17)13-22-8-11-24-12-9-22/h2-7,10H,8-9,11-15H2,1H3,(H,20,23). The number of hydrogen-bond acceptors (Lipinski definition) is 5. The number of ether oxygens (including phenoxy) is 1. The molecular formula is C19H25N3O3. The molecule has 0 radical (unpaired) electrons. The molecule has 2 aromatic rings. The molecular weight excluding hydrogens is 318 g/mol. The number of anilines is 1. The van der Waals surface area contributed by atoms with Gasteiger partial charge >= 0.3 is 0 Å². The van der Waals surface area contributed by atoms with Gasteiger partial charge < -0.3 is 14.5 Å². The van der Waals surface area contributed by atoms with Crippen molar-refractivity contribution in [1.29, 1.82) is 0 Å². The second-order valence-electron chi connectivity index (χ2n) is 6.39. The third-order valence-electron chi connectivity index (χ3n) is 4.17. The SMILES string of the molecule is CN(CC(=O)Nc1ccc(CN2CCOCC2)cc1)Cc1ccco1. The van der Waals surface area contributed by atoms with E-state index in [9.17, 15) is 4.79 Å². The Bertz CT molecular complexity index is 649. The molecule has 1 aromatic carbocycles. The summed E-state index contributed by atoms with van der Waals surface area (Å²) in [6.45, 7) is 5.40. The molecule has 0 aliphatic carbocycles. The van der Waals surface area contributed by atoms with Gasteiger partial charge in [0.25, 0.3) is 0 Å². The molecule has 0 saturated carbocycles. The highest BCUT2D eigenvalue weighted by Gasteiger charge is 2.11. The maximum Gasteiger partial charge on any atom is 0.238 e. The number of carbonyl (C=O) groups is 1. The van der Waals surface area contributed by atoms with Crippen LogP contribution >= 0.6 is 0 Å². The van der Waals surface area contributed by atoms with E-state index in [2.05, 4.69) is 22.3 Å². The van der Waals surface area contributed by atoms with Crippen molar-refractivity contribution in [1.82, 2.24) is 9.80 Å². The van der Waals surface area contributed by atoms with Crippen molar-refractivity contribution >= 4 is 11.6 Å². The van der Waals surface area contributed by atoms with Crippen molar-refractivity contribution in [2.45, 2.75) is 13.1 Å². The first kappa shape index (κ1) is 17.7. The van der Waals surface area contributed by atoms with Gasteiger partial charge in [-0.25, -0.2) is 0 Å². The van der Waals surface area contributed by atoms with E-state index in [1.807, 2.05) is 36.2 Å². The molecule has 2 heterocycles. The van der Waals surface area contributed by atoms with Crippen LogP contribution in [0.1, 0.15) is 11.3 Å². The Labute approximate surface area is 148 Å². The van der Waals surface area contributed by atoms with Gasteiger partial charge in [0.05, 0.1) is 32.6 Å². The monoisotopic (exact) mass is 343 g/mol. The predicted octanol–water partition coefficient (Wildman–Crippen LogP) is 2.18. The summed E-state index contributed by atoms with van der Waals surface area (Å²) in [5.74, 6) is 0.817. The second-order valence-corrected chi connectivity index (χ2v) is 6.39. The lowest BCUT2D eigenvalue weighted by atomic mass is 10.2. The third kappa shape index (κ3) is 5.70. The van der Waals surface area contributed by atoms with E-state index < -0.39 is 0 Å². The number of amides is 1. The fourth-order valence-corrected chi connectivity index (χ4v) is 2.88. The lowest BCUT2D eigenvalue weighted by molar-refractivity contribution is -0.117. The average Bonchev–Trinajstić information content (AvgIpc) is 3.10. The van der Waals surface area contributed by atoms with E-state index in [-0.39, 0.29) is 5.91 Å². The van der Waals surface area contributed by atoms with Crippen LogP contribution in [0.2, 0.25) is 0 Å². The number of rotatable bonds is 7. The van der Waals surface area contributed by atoms with Crippen LogP contribution in [-0.2, 0) is 22.6 Å². The maximum absolute atomic E-state index is 12.1. The number of nitrogens with zero attached hydrogens (tertiary/aromatic N) is 2. The van der Waals surface area contributed by atoms with Crippen LogP contribution in [0.25, 0.3) is 0 Å². The highest BCUT2D eigenvalue weighted by Crippen LogP contribution is 2.13. The van der Waals surface area contributed by atoms with Gasteiger partial charge in [-0.05, 0) is 36.9 Å². The van der Waals surface area contributed by atoms with Crippen LogP contribution in [0.5, 0.6) is 0 Å². The number of furan rings is 1. The van der Waals surface area contributed by atoms with Crippen molar-refractivity contribution in [2.24, 2.45) is 0 Å². The molecule has 3 rings (SSSR count). The summed E-state index contributed by atoms with van der Waals surface area (Å²) in [6, 6.07) is 11.8. The van der Waals surface area contributed by atoms with Gasteiger partial charge in [-0.2, -0.15) is 0 Å². The first-order chi connectivity index (χ1) is 12.2. The van der Waals surface area contributed by atoms with Crippen LogP contribution in [0.15, 0.2) is 47.1 Å². The van der Waals surface area contributed by atoms with Crippen LogP contribution < -0.4 is 5.32 Å². The normalized spacial score (nSPS) is 15.4. The van der Waals surface area contributed by atoms with Crippen molar-refractivity contribution in [3.8, 4) is 0 Å². The molecule has 0 spiro atoms. The molecule has 1 fully saturated rings. The zero-order valence-electron chi connectivity index (χ0n) is 14.6. The summed E-state index contributed by atoms with van der Waals surface area (Å²) in [5.41, 5.74) is 2.07. The Balaban J connectivity index is 1.44. The molecule has 1 saturated heterocycles. The zero-order chi connectivity index (χ0) is 17.5. The van der Waals surface area contributed by atoms with Crippen molar-refractivity contribution in [3.05, 3.63) is 54.0 Å². The van der Waals surface area contributed by atoms with Crippen LogP contribution in [0.4, 0.5) is 5.69 Å². The topological polar surface area (TPSA) is 58.0 Å². The molecule has 0 atom stereocenters. The van der Waals surface area contributed by atoms with Crippen LogP contribution in [0, 0.1) is 0 Å². The molecule has 0 unspecified atom stereocenters. The maximum atomic E-state index is 12.1. The smallest absolute Gasteiger partial charge is 0.238 e. The Morgan fingerprint density at radius 1 is 1.20 bits per heavy atom. The van der Waals surface area contributed by atoms with Gasteiger partial charge in [0.15, 0.2) is 0 Å². The van der Waals surface area contributed by atoms with E-state index in [1.54, 1.807) is 6.26 Å². The molecule has 6 nitrogen and oxygen atoms in total. The number of carbonyl (C=O) groups excluding carboxylic acids is 1. The Morgan fingerprint density at radius 3 is 2.64 bits per heavy atom. The van der Waals surface area contributed by atoms with Gasteiger partial charge in [0.2, 0.25) is 5.91 Å². The first-order valence-electron chi connectivity index (χ1n) is 8.59. The molecule has 1 N–H and O–H groups in total. The lowest BCUT2D eigenvalue weighted by Crippen LogP contribution is -2.35. The summed E-state index contributed by atoms with van der Waals surface area (Å²) in [5, 5.41) is 2.94. The fourth-order valence-electron chi connectivity index (χ4n) is 2.88. The highest BCUT2D eigenvalue weighted by molar-refractivity contribution is 5.92. The summed E-state index contributed by atoms with van der Waals surface area (Å²) in [4.78, 5) is 16.4. The quantitative estimate of drug-likeness (QED) is 0.835. The fraction of sp³-hybridized carbons (Fsp3) is 0.421. The molecule has 1 amide bonds. The number of hydrogen-bond donors (Lipinski definition) is 1. The third-order valence-corrected chi connectivity index (χ3v) is 4.17. The minimum absolute atomic E-state index is 0.0324. The second kappa shape index (κ2) is 8.80. The molecule has 6 heteroatoms. The van der Waals surface area contributed by atoms with Gasteiger partial charge in [0, 0.05) is 25.3 Å². The number of morpholine rings is 1. The van der Waals surface area contributed by atoms with Crippen molar-refractivity contribution in [3.63, 3.8) is 0 Å². The van der Waals surface area contributed by atoms with Crippen molar-refractivity contribution < 1.29 is 13.9 Å². The van der Waals surface area contributed by atoms with Gasteiger partial charge in [0.1, 0.15) is 5.76 Å². The minimum atomic E-state index is -0.0324. The van der Waals surface area contributed by atoms with Gasteiger partial charge in [-0.3, -0.25) is 14.6 Å². The summed E-state index contributed by atoms with van der Waals surface area (Å²) >= 11 is 0. The number of likely N-dealkylation sites (N-methyl/N-ethyl adjacent to an activating group) is 1. The minimum Gasteiger partial charge on any atom is -0.468 e. The largest absolute Gasteiger partial charge is 0.468 e. The molecule has 1 aliphatic rings. The Hall–Kier alpha value is -2.15. The molecule has 134 valence electrons. The predicted molar refractivity (Wildman–Crippen MR) is 96.2 cm³/mol. The summed E-state index contributed by atoms with van der Waals surface area (Å²) in [6.07, 6.45) is 1.64. The van der Waals surface area contributed by atoms with Crippen LogP contribution in [-0.4, -0.2) is 55.6 Å². The molecule has 1 aromatic heterocycles. The molecule has 25 heavy (non-hydrogen) atoms. The Kier molecular flexibility index (Phi) is 6.22. The van der Waals surface area contributed by atoms with Crippen LogP contribution in [0.3, 0.4) is 0 Å². The lowest BCUT2D eigenvalue weighted by Gasteiger charge is -2.26. The van der Waals surface area contributed by atoms with Crippen molar-refractivity contribution in [2.75, 3.05) is 45.2 Å². The first-order valence-corrected chi connectivity index (χ1v) is 8.59. The van der Waals surface area contributed by atoms with Gasteiger partial charge in [-0.1, -0.05) is 12.1 Å². The number of nitrogens with one attached hydrogen (secondary N) is 1. The average molecular weight is 343 g/mol. The molecule has 0 bridgehead atoms. The summed E-state index contributed by atoms with van der Waals surface area (Å²) in [7, 11) is 1.90. The summed E-state index contributed by atoms with van der Waals surface area (Å²) < 4.78 is 10.7. The Morgan fingerprint density at radius 2 is 1.96 bits per heavy atom. The van der Waals surface area contributed by atoms with E-state index in [4.69, 9.17) is 9.15 Å². The van der Waals surface area contributed by atoms with E-state index in [0.717, 1.165) is 44.3 Å². The highest BCUT2D eigenvalue weighted by atomic mass is 16.5. The van der Waals surface area contributed by atoms with E-state index in [1.165, 1.54) is 5.56 Å². The number of benzene rings is 1. The molecule has 1 aliphatic heterocycles. The van der Waals surface area contributed by atoms with E-state index in [0.29, 0.717) is 13.1 Å². The van der Waals surface area contributed by atoms with E-state index >= 15 is 0 Å². The zero-order valence-corrected chi connectivity index (χ0v) is 14.6.